The third-order valence-electron chi connectivity index (χ3n) is 3.46. The van der Waals surface area contributed by atoms with Gasteiger partial charge in [-0.15, -0.1) is 0 Å². The molecule has 0 fully saturated rings. The van der Waals surface area contributed by atoms with Crippen LogP contribution < -0.4 is 5.32 Å². The number of aryl methyl sites for hydroxylation is 2. The Bertz CT molecular complexity index is 475. The predicted octanol–water partition coefficient (Wildman–Crippen LogP) is 3.64. The molecule has 88 valence electrons. The first-order chi connectivity index (χ1) is 8.42. The van der Waals surface area contributed by atoms with Gasteiger partial charge in [0.25, 0.3) is 0 Å². The van der Waals surface area contributed by atoms with Crippen LogP contribution in [0.15, 0.2) is 47.1 Å². The van der Waals surface area contributed by atoms with Crippen LogP contribution in [0.4, 0.5) is 5.69 Å². The zero-order valence-corrected chi connectivity index (χ0v) is 9.86. The van der Waals surface area contributed by atoms with Crippen LogP contribution in [-0.2, 0) is 12.8 Å². The Kier molecular flexibility index (Phi) is 2.87. The molecule has 0 saturated heterocycles. The average Bonchev–Trinajstić information content (AvgIpc) is 2.89. The van der Waals surface area contributed by atoms with E-state index in [4.69, 9.17) is 4.42 Å². The van der Waals surface area contributed by atoms with Crippen LogP contribution in [0.5, 0.6) is 0 Å². The van der Waals surface area contributed by atoms with Crippen LogP contribution in [0.2, 0.25) is 0 Å². The zero-order valence-electron chi connectivity index (χ0n) is 9.86. The lowest BCUT2D eigenvalue weighted by molar-refractivity contribution is 0.482. The largest absolute Gasteiger partial charge is 0.469 e. The van der Waals surface area contributed by atoms with Gasteiger partial charge in [-0.1, -0.05) is 18.2 Å². The van der Waals surface area contributed by atoms with Crippen molar-refractivity contribution in [1.29, 1.82) is 0 Å². The van der Waals surface area contributed by atoms with Crippen molar-refractivity contribution in [3.8, 4) is 0 Å². The van der Waals surface area contributed by atoms with Gasteiger partial charge in [0.05, 0.1) is 6.26 Å². The molecule has 2 aromatic rings. The molecule has 17 heavy (non-hydrogen) atoms. The van der Waals surface area contributed by atoms with E-state index >= 15 is 0 Å². The van der Waals surface area contributed by atoms with Gasteiger partial charge in [0.2, 0.25) is 0 Å². The van der Waals surface area contributed by atoms with Crippen molar-refractivity contribution < 1.29 is 4.42 Å². The van der Waals surface area contributed by atoms with Crippen molar-refractivity contribution in [3.05, 3.63) is 54.0 Å². The van der Waals surface area contributed by atoms with E-state index in [9.17, 15) is 0 Å². The number of hydrogen-bond acceptors (Lipinski definition) is 2. The van der Waals surface area contributed by atoms with Gasteiger partial charge in [0.1, 0.15) is 5.76 Å². The second-order valence-electron chi connectivity index (χ2n) is 4.66. The fraction of sp³-hybridized carbons (Fsp3) is 0.333. The van der Waals surface area contributed by atoms with E-state index in [0.717, 1.165) is 18.6 Å². The van der Waals surface area contributed by atoms with Crippen molar-refractivity contribution in [2.45, 2.75) is 31.7 Å². The van der Waals surface area contributed by atoms with Crippen molar-refractivity contribution in [1.82, 2.24) is 0 Å². The Morgan fingerprint density at radius 3 is 3.00 bits per heavy atom. The van der Waals surface area contributed by atoms with E-state index in [2.05, 4.69) is 35.6 Å². The molecule has 0 unspecified atom stereocenters. The molecule has 3 rings (SSSR count). The summed E-state index contributed by atoms with van der Waals surface area (Å²) >= 11 is 0. The normalized spacial score (nSPS) is 18.5. The van der Waals surface area contributed by atoms with E-state index in [0.29, 0.717) is 6.04 Å². The number of para-hydroxylation sites is 1. The van der Waals surface area contributed by atoms with E-state index in [1.807, 2.05) is 6.07 Å². The lowest BCUT2D eigenvalue weighted by Crippen LogP contribution is -2.25. The van der Waals surface area contributed by atoms with Gasteiger partial charge in [-0.05, 0) is 43.0 Å². The molecule has 1 aromatic heterocycles. The first kappa shape index (κ1) is 10.5. The molecular formula is C15H17NO. The second kappa shape index (κ2) is 4.66. The Morgan fingerprint density at radius 2 is 2.12 bits per heavy atom. The fourth-order valence-electron chi connectivity index (χ4n) is 2.49. The summed E-state index contributed by atoms with van der Waals surface area (Å²) in [5.41, 5.74) is 2.75. The summed E-state index contributed by atoms with van der Waals surface area (Å²) in [6.45, 7) is 0. The molecule has 0 saturated carbocycles. The van der Waals surface area contributed by atoms with Gasteiger partial charge >= 0.3 is 0 Å². The van der Waals surface area contributed by atoms with Gasteiger partial charge in [-0.2, -0.15) is 0 Å². The minimum atomic E-state index is 0.579. The number of hydrogen-bond donors (Lipinski definition) is 1. The molecule has 1 atom stereocenters. The van der Waals surface area contributed by atoms with Crippen molar-refractivity contribution in [2.24, 2.45) is 0 Å². The molecule has 2 heteroatoms. The second-order valence-corrected chi connectivity index (χ2v) is 4.66. The van der Waals surface area contributed by atoms with Crippen molar-refractivity contribution >= 4 is 5.69 Å². The number of benzene rings is 1. The summed E-state index contributed by atoms with van der Waals surface area (Å²) in [5, 5.41) is 3.62. The highest BCUT2D eigenvalue weighted by atomic mass is 16.3. The van der Waals surface area contributed by atoms with Crippen LogP contribution in [0.1, 0.15) is 24.2 Å². The van der Waals surface area contributed by atoms with E-state index in [1.165, 1.54) is 24.1 Å². The van der Waals surface area contributed by atoms with Crippen LogP contribution in [0.25, 0.3) is 0 Å². The Labute approximate surface area is 102 Å². The summed E-state index contributed by atoms with van der Waals surface area (Å²) < 4.78 is 5.37. The van der Waals surface area contributed by atoms with Crippen molar-refractivity contribution in [2.75, 3.05) is 5.32 Å². The third-order valence-corrected chi connectivity index (χ3v) is 3.46. The smallest absolute Gasteiger partial charge is 0.103 e. The summed E-state index contributed by atoms with van der Waals surface area (Å²) in [5.74, 6) is 1.09. The van der Waals surface area contributed by atoms with Gasteiger partial charge in [0.15, 0.2) is 0 Å². The maximum Gasteiger partial charge on any atom is 0.103 e. The summed E-state index contributed by atoms with van der Waals surface area (Å²) in [7, 11) is 0. The van der Waals surface area contributed by atoms with Crippen LogP contribution in [0, 0.1) is 0 Å². The van der Waals surface area contributed by atoms with Gasteiger partial charge in [-0.3, -0.25) is 0 Å². The number of furan rings is 1. The van der Waals surface area contributed by atoms with E-state index in [-0.39, 0.29) is 0 Å². The van der Waals surface area contributed by atoms with E-state index in [1.54, 1.807) is 6.26 Å². The Balaban J connectivity index is 1.61. The standard InChI is InChI=1S/C15H17NO/c1-2-6-15-12(4-1)7-8-13(16-15)9-10-14-5-3-11-17-14/h1-6,11,13,16H,7-10H2/t13-/m1/s1. The number of nitrogens with one attached hydrogen (secondary N) is 1. The lowest BCUT2D eigenvalue weighted by atomic mass is 9.95. The number of fused-ring (bicyclic) bond motifs is 1. The molecule has 0 aliphatic carbocycles. The Morgan fingerprint density at radius 1 is 1.18 bits per heavy atom. The number of anilines is 1. The summed E-state index contributed by atoms with van der Waals surface area (Å²) in [6.07, 6.45) is 6.32. The molecule has 1 aliphatic rings. The van der Waals surface area contributed by atoms with Gasteiger partial charge < -0.3 is 9.73 Å². The molecule has 1 aromatic carbocycles. The first-order valence-electron chi connectivity index (χ1n) is 6.28. The highest BCUT2D eigenvalue weighted by molar-refractivity contribution is 5.53. The van der Waals surface area contributed by atoms with Crippen LogP contribution in [0.3, 0.4) is 0 Å². The Hall–Kier alpha value is -1.70. The topological polar surface area (TPSA) is 25.2 Å². The molecule has 2 nitrogen and oxygen atoms in total. The third kappa shape index (κ3) is 2.36. The first-order valence-corrected chi connectivity index (χ1v) is 6.28. The van der Waals surface area contributed by atoms with Gasteiger partial charge in [-0.25, -0.2) is 0 Å². The van der Waals surface area contributed by atoms with Crippen LogP contribution >= 0.6 is 0 Å². The molecule has 0 radical (unpaired) electrons. The molecule has 2 heterocycles. The SMILES string of the molecule is c1coc(CC[C@H]2CCc3ccccc3N2)c1. The predicted molar refractivity (Wildman–Crippen MR) is 69.2 cm³/mol. The lowest BCUT2D eigenvalue weighted by Gasteiger charge is -2.26. The molecule has 0 spiro atoms. The fourth-order valence-corrected chi connectivity index (χ4v) is 2.49. The molecule has 0 bridgehead atoms. The monoisotopic (exact) mass is 227 g/mol. The molecule has 0 amide bonds. The molecular weight excluding hydrogens is 210 g/mol. The van der Waals surface area contributed by atoms with Crippen molar-refractivity contribution in [3.63, 3.8) is 0 Å². The average molecular weight is 227 g/mol. The summed E-state index contributed by atoms with van der Waals surface area (Å²) in [6, 6.07) is 13.2. The van der Waals surface area contributed by atoms with E-state index < -0.39 is 0 Å². The summed E-state index contributed by atoms with van der Waals surface area (Å²) in [4.78, 5) is 0. The maximum atomic E-state index is 5.37. The van der Waals surface area contributed by atoms with Crippen LogP contribution in [-0.4, -0.2) is 6.04 Å². The maximum absolute atomic E-state index is 5.37. The quantitative estimate of drug-likeness (QED) is 0.866. The number of rotatable bonds is 3. The highest BCUT2D eigenvalue weighted by Gasteiger charge is 2.16. The minimum absolute atomic E-state index is 0.579. The zero-order chi connectivity index (χ0) is 11.5. The highest BCUT2D eigenvalue weighted by Crippen LogP contribution is 2.26. The molecule has 1 aliphatic heterocycles. The minimum Gasteiger partial charge on any atom is -0.469 e. The molecule has 1 N–H and O–H groups in total. The van der Waals surface area contributed by atoms with Gasteiger partial charge in [0, 0.05) is 18.2 Å².